The topological polar surface area (TPSA) is 64.2 Å². The van der Waals surface area contributed by atoms with Crippen LogP contribution in [0.2, 0.25) is 0 Å². The number of carbonyl (C=O) groups is 1. The van der Waals surface area contributed by atoms with Gasteiger partial charge in [0.05, 0.1) is 17.3 Å². The van der Waals surface area contributed by atoms with Crippen molar-refractivity contribution in [1.82, 2.24) is 14.7 Å². The molecule has 1 aliphatic rings. The summed E-state index contributed by atoms with van der Waals surface area (Å²) in [6.45, 7) is 11.9. The van der Waals surface area contributed by atoms with E-state index in [1.807, 2.05) is 23.4 Å². The van der Waals surface area contributed by atoms with Gasteiger partial charge in [-0.3, -0.25) is 9.48 Å². The van der Waals surface area contributed by atoms with E-state index >= 15 is 0 Å². The fraction of sp³-hybridized carbons (Fsp3) is 0.750. The normalized spacial score (nSPS) is 21.4. The molecule has 0 aromatic carbocycles. The van der Waals surface area contributed by atoms with Crippen LogP contribution >= 0.6 is 0 Å². The van der Waals surface area contributed by atoms with Crippen molar-refractivity contribution in [3.05, 3.63) is 17.5 Å². The molecule has 0 aliphatic carbocycles. The molecule has 2 N–H and O–H groups in total. The summed E-state index contributed by atoms with van der Waals surface area (Å²) in [5.41, 5.74) is 7.55. The van der Waals surface area contributed by atoms with Crippen LogP contribution in [-0.2, 0) is 5.54 Å². The second-order valence-electron chi connectivity index (χ2n) is 7.24. The SMILES string of the molecule is Cc1c(C(=O)N2CCC[C@H]([C@H](C)N)C2)cnn1C(C)(C)C. The lowest BCUT2D eigenvalue weighted by molar-refractivity contribution is 0.0660. The highest BCUT2D eigenvalue weighted by Crippen LogP contribution is 2.23. The van der Waals surface area contributed by atoms with Crippen molar-refractivity contribution in [3.63, 3.8) is 0 Å². The third-order valence-corrected chi connectivity index (χ3v) is 4.36. The van der Waals surface area contributed by atoms with Gasteiger partial charge in [0, 0.05) is 24.8 Å². The first kappa shape index (κ1) is 16.0. The monoisotopic (exact) mass is 292 g/mol. The lowest BCUT2D eigenvalue weighted by atomic mass is 9.92. The second-order valence-corrected chi connectivity index (χ2v) is 7.24. The van der Waals surface area contributed by atoms with Crippen LogP contribution in [0.5, 0.6) is 0 Å². The van der Waals surface area contributed by atoms with E-state index in [1.165, 1.54) is 0 Å². The molecule has 21 heavy (non-hydrogen) atoms. The van der Waals surface area contributed by atoms with Crippen LogP contribution in [0.4, 0.5) is 0 Å². The van der Waals surface area contributed by atoms with Gasteiger partial charge < -0.3 is 10.6 Å². The van der Waals surface area contributed by atoms with E-state index in [4.69, 9.17) is 5.73 Å². The number of hydrogen-bond acceptors (Lipinski definition) is 3. The Labute approximate surface area is 127 Å². The molecule has 2 rings (SSSR count). The minimum Gasteiger partial charge on any atom is -0.338 e. The molecule has 1 fully saturated rings. The van der Waals surface area contributed by atoms with Crippen molar-refractivity contribution in [3.8, 4) is 0 Å². The van der Waals surface area contributed by atoms with E-state index in [0.717, 1.165) is 37.2 Å². The van der Waals surface area contributed by atoms with Gasteiger partial charge >= 0.3 is 0 Å². The Kier molecular flexibility index (Phi) is 4.42. The Morgan fingerprint density at radius 2 is 2.14 bits per heavy atom. The summed E-state index contributed by atoms with van der Waals surface area (Å²) in [5, 5.41) is 4.40. The smallest absolute Gasteiger partial charge is 0.257 e. The first-order valence-electron chi connectivity index (χ1n) is 7.81. The number of carbonyl (C=O) groups excluding carboxylic acids is 1. The Bertz CT molecular complexity index is 513. The highest BCUT2D eigenvalue weighted by atomic mass is 16.2. The molecule has 1 saturated heterocycles. The summed E-state index contributed by atoms with van der Waals surface area (Å²) in [6, 6.07) is 0.138. The number of nitrogens with two attached hydrogens (primary N) is 1. The average Bonchev–Trinajstić information content (AvgIpc) is 2.79. The van der Waals surface area contributed by atoms with Gasteiger partial charge in [-0.25, -0.2) is 0 Å². The third-order valence-electron chi connectivity index (χ3n) is 4.36. The van der Waals surface area contributed by atoms with E-state index in [-0.39, 0.29) is 17.5 Å². The molecule has 0 spiro atoms. The van der Waals surface area contributed by atoms with Crippen molar-refractivity contribution in [2.75, 3.05) is 13.1 Å². The van der Waals surface area contributed by atoms with Crippen molar-refractivity contribution in [2.45, 2.75) is 59.0 Å². The summed E-state index contributed by atoms with van der Waals surface area (Å²) in [7, 11) is 0. The van der Waals surface area contributed by atoms with Crippen LogP contribution in [0.1, 0.15) is 56.6 Å². The Hall–Kier alpha value is -1.36. The molecule has 1 aromatic rings. The van der Waals surface area contributed by atoms with Gasteiger partial charge in [0.1, 0.15) is 0 Å². The largest absolute Gasteiger partial charge is 0.338 e. The molecule has 1 amide bonds. The molecule has 118 valence electrons. The number of likely N-dealkylation sites (tertiary alicyclic amines) is 1. The van der Waals surface area contributed by atoms with Crippen LogP contribution < -0.4 is 5.73 Å². The number of aromatic nitrogens is 2. The van der Waals surface area contributed by atoms with Gasteiger partial charge in [-0.1, -0.05) is 0 Å². The number of hydrogen-bond donors (Lipinski definition) is 1. The van der Waals surface area contributed by atoms with E-state index in [9.17, 15) is 4.79 Å². The van der Waals surface area contributed by atoms with Gasteiger partial charge in [0.2, 0.25) is 0 Å². The van der Waals surface area contributed by atoms with Crippen molar-refractivity contribution in [1.29, 1.82) is 0 Å². The molecule has 0 radical (unpaired) electrons. The molecule has 2 heterocycles. The minimum atomic E-state index is -0.112. The molecule has 5 heteroatoms. The molecule has 0 bridgehead atoms. The van der Waals surface area contributed by atoms with Gasteiger partial charge in [0.15, 0.2) is 0 Å². The lowest BCUT2D eigenvalue weighted by Crippen LogP contribution is -2.45. The highest BCUT2D eigenvalue weighted by molar-refractivity contribution is 5.95. The van der Waals surface area contributed by atoms with Gasteiger partial charge in [-0.2, -0.15) is 5.10 Å². The van der Waals surface area contributed by atoms with Crippen LogP contribution in [0.3, 0.4) is 0 Å². The first-order chi connectivity index (χ1) is 9.71. The van der Waals surface area contributed by atoms with Crippen molar-refractivity contribution < 1.29 is 4.79 Å². The summed E-state index contributed by atoms with van der Waals surface area (Å²) >= 11 is 0. The molecule has 5 nitrogen and oxygen atoms in total. The fourth-order valence-corrected chi connectivity index (χ4v) is 3.09. The van der Waals surface area contributed by atoms with Gasteiger partial charge in [0.25, 0.3) is 5.91 Å². The summed E-state index contributed by atoms with van der Waals surface area (Å²) in [5.74, 6) is 0.494. The average molecular weight is 292 g/mol. The van der Waals surface area contributed by atoms with Gasteiger partial charge in [-0.15, -0.1) is 0 Å². The van der Waals surface area contributed by atoms with Crippen molar-refractivity contribution in [2.24, 2.45) is 11.7 Å². The van der Waals surface area contributed by atoms with Crippen LogP contribution in [-0.4, -0.2) is 39.7 Å². The molecule has 2 atom stereocenters. The van der Waals surface area contributed by atoms with Crippen LogP contribution in [0.15, 0.2) is 6.20 Å². The maximum Gasteiger partial charge on any atom is 0.257 e. The van der Waals surface area contributed by atoms with E-state index in [0.29, 0.717) is 5.92 Å². The van der Waals surface area contributed by atoms with Gasteiger partial charge in [-0.05, 0) is 53.4 Å². The van der Waals surface area contributed by atoms with Crippen molar-refractivity contribution >= 4 is 5.91 Å². The summed E-state index contributed by atoms with van der Waals surface area (Å²) in [6.07, 6.45) is 3.85. The predicted octanol–water partition coefficient (Wildman–Crippen LogP) is 2.15. The standard InChI is InChI=1S/C16H28N4O/c1-11(17)13-7-6-8-19(10-13)15(21)14-9-18-20(12(14)2)16(3,4)5/h9,11,13H,6-8,10,17H2,1-5H3/t11-,13-/m0/s1. The zero-order chi connectivity index (χ0) is 15.8. The second kappa shape index (κ2) is 5.79. The maximum atomic E-state index is 12.8. The zero-order valence-corrected chi connectivity index (χ0v) is 13.9. The van der Waals surface area contributed by atoms with E-state index in [2.05, 4.69) is 25.9 Å². The number of piperidine rings is 1. The predicted molar refractivity (Wildman–Crippen MR) is 84.2 cm³/mol. The van der Waals surface area contributed by atoms with E-state index in [1.54, 1.807) is 6.20 Å². The molecule has 0 saturated carbocycles. The Morgan fingerprint density at radius 3 is 2.67 bits per heavy atom. The number of nitrogens with zero attached hydrogens (tertiary/aromatic N) is 3. The zero-order valence-electron chi connectivity index (χ0n) is 13.9. The third kappa shape index (κ3) is 3.28. The van der Waals surface area contributed by atoms with E-state index < -0.39 is 0 Å². The highest BCUT2D eigenvalue weighted by Gasteiger charge is 2.29. The molecular formula is C16H28N4O. The lowest BCUT2D eigenvalue weighted by Gasteiger charge is -2.34. The van der Waals surface area contributed by atoms with Crippen LogP contribution in [0.25, 0.3) is 0 Å². The Balaban J connectivity index is 2.19. The summed E-state index contributed by atoms with van der Waals surface area (Å²) in [4.78, 5) is 14.7. The van der Waals surface area contributed by atoms with Crippen LogP contribution in [0, 0.1) is 12.8 Å². The number of rotatable bonds is 2. The minimum absolute atomic E-state index is 0.0911. The summed E-state index contributed by atoms with van der Waals surface area (Å²) < 4.78 is 1.92. The molecule has 1 aliphatic heterocycles. The fourth-order valence-electron chi connectivity index (χ4n) is 3.09. The Morgan fingerprint density at radius 1 is 1.48 bits per heavy atom. The molecule has 0 unspecified atom stereocenters. The maximum absolute atomic E-state index is 12.8. The quantitative estimate of drug-likeness (QED) is 0.908. The number of amides is 1. The first-order valence-corrected chi connectivity index (χ1v) is 7.81. The molecular weight excluding hydrogens is 264 g/mol. The molecule has 1 aromatic heterocycles.